The van der Waals surface area contributed by atoms with Gasteiger partial charge in [0, 0.05) is 5.92 Å². The molecule has 5 atom stereocenters. The fourth-order valence-electron chi connectivity index (χ4n) is 4.27. The number of nitrogens with zero attached hydrogens (tertiary/aromatic N) is 1. The Morgan fingerprint density at radius 1 is 1.43 bits per heavy atom. The van der Waals surface area contributed by atoms with E-state index < -0.39 is 29.0 Å². The first-order chi connectivity index (χ1) is 9.51. The lowest BCUT2D eigenvalue weighted by atomic mass is 9.43. The normalized spacial score (nSPS) is 42.9. The summed E-state index contributed by atoms with van der Waals surface area (Å²) in [6.07, 6.45) is 1.82. The molecule has 21 heavy (non-hydrogen) atoms. The Morgan fingerprint density at radius 3 is 2.57 bits per heavy atom. The van der Waals surface area contributed by atoms with Crippen molar-refractivity contribution in [2.45, 2.75) is 64.7 Å². The van der Waals surface area contributed by atoms with Crippen LogP contribution in [0.4, 0.5) is 0 Å². The average Bonchev–Trinajstić information content (AvgIpc) is 2.35. The van der Waals surface area contributed by atoms with E-state index in [1.54, 1.807) is 0 Å². The zero-order chi connectivity index (χ0) is 15.8. The molecule has 4 rings (SSSR count). The minimum absolute atomic E-state index is 0.143. The lowest BCUT2D eigenvalue weighted by Gasteiger charge is -2.64. The molecule has 1 N–H and O–H groups in total. The number of hydrogen-bond donors (Lipinski definition) is 1. The van der Waals surface area contributed by atoms with Crippen molar-refractivity contribution < 1.29 is 19.4 Å². The molecule has 0 aromatic heterocycles. The molecule has 3 aliphatic carbocycles. The van der Waals surface area contributed by atoms with E-state index in [9.17, 15) is 14.7 Å². The maximum atomic E-state index is 12.3. The number of rotatable bonds is 2. The maximum Gasteiger partial charge on any atom is 0.335 e. The molecule has 116 valence electrons. The monoisotopic (exact) mass is 293 g/mol. The number of aliphatic imine (C=N–C) groups is 1. The Kier molecular flexibility index (Phi) is 2.76. The molecule has 5 heteroatoms. The number of ether oxygens (including phenoxy) is 1. The third-order valence-corrected chi connectivity index (χ3v) is 6.21. The molecule has 0 spiro atoms. The van der Waals surface area contributed by atoms with Gasteiger partial charge in [0.05, 0.1) is 5.71 Å². The number of ketones is 1. The first kappa shape index (κ1) is 14.7. The quantitative estimate of drug-likeness (QED) is 0.783. The van der Waals surface area contributed by atoms with E-state index >= 15 is 0 Å². The molecular formula is C16H23NO4. The SMILES string of the molecule is CC(=O)[C@@](C)(O)[C@@H]1N=C2C[C@@H]3C[C@@H](C3(C)C)[C@]2(C)OC1=O. The van der Waals surface area contributed by atoms with Crippen LogP contribution in [-0.2, 0) is 14.3 Å². The highest BCUT2D eigenvalue weighted by Gasteiger charge is 2.66. The van der Waals surface area contributed by atoms with Gasteiger partial charge in [0.15, 0.2) is 23.0 Å². The topological polar surface area (TPSA) is 76.0 Å². The van der Waals surface area contributed by atoms with Gasteiger partial charge < -0.3 is 9.84 Å². The van der Waals surface area contributed by atoms with Crippen LogP contribution in [0.5, 0.6) is 0 Å². The first-order valence-electron chi connectivity index (χ1n) is 7.54. The van der Waals surface area contributed by atoms with Crippen molar-refractivity contribution in [2.75, 3.05) is 0 Å². The van der Waals surface area contributed by atoms with Gasteiger partial charge in [-0.05, 0) is 44.9 Å². The van der Waals surface area contributed by atoms with Crippen LogP contribution in [0.15, 0.2) is 4.99 Å². The minimum Gasteiger partial charge on any atom is -0.451 e. The molecule has 0 aromatic rings. The Balaban J connectivity index is 2.01. The Bertz CT molecular complexity index is 563. The summed E-state index contributed by atoms with van der Waals surface area (Å²) in [5, 5.41) is 10.3. The van der Waals surface area contributed by atoms with Crippen LogP contribution in [0.2, 0.25) is 0 Å². The van der Waals surface area contributed by atoms with E-state index in [1.807, 2.05) is 6.92 Å². The molecule has 1 aliphatic heterocycles. The van der Waals surface area contributed by atoms with Gasteiger partial charge in [-0.2, -0.15) is 0 Å². The lowest BCUT2D eigenvalue weighted by Crippen LogP contribution is -2.69. The fourth-order valence-corrected chi connectivity index (χ4v) is 4.27. The van der Waals surface area contributed by atoms with Crippen LogP contribution in [0.25, 0.3) is 0 Å². The van der Waals surface area contributed by atoms with E-state index in [0.29, 0.717) is 5.92 Å². The van der Waals surface area contributed by atoms with Crippen molar-refractivity contribution in [1.82, 2.24) is 0 Å². The number of hydrogen-bond acceptors (Lipinski definition) is 5. The van der Waals surface area contributed by atoms with Crippen molar-refractivity contribution in [2.24, 2.45) is 22.2 Å². The second-order valence-corrected chi connectivity index (χ2v) is 7.72. The van der Waals surface area contributed by atoms with Crippen LogP contribution < -0.4 is 0 Å². The zero-order valence-electron chi connectivity index (χ0n) is 13.3. The molecule has 2 bridgehead atoms. The molecule has 3 saturated carbocycles. The molecule has 3 fully saturated rings. The molecule has 0 radical (unpaired) electrons. The minimum atomic E-state index is -1.80. The van der Waals surface area contributed by atoms with Gasteiger partial charge in [-0.3, -0.25) is 9.79 Å². The summed E-state index contributed by atoms with van der Waals surface area (Å²) in [4.78, 5) is 28.4. The van der Waals surface area contributed by atoms with Crippen molar-refractivity contribution in [1.29, 1.82) is 0 Å². The smallest absolute Gasteiger partial charge is 0.335 e. The summed E-state index contributed by atoms with van der Waals surface area (Å²) < 4.78 is 5.73. The molecule has 0 saturated heterocycles. The highest BCUT2D eigenvalue weighted by atomic mass is 16.6. The summed E-state index contributed by atoms with van der Waals surface area (Å²) in [6.45, 7) is 8.94. The Hall–Kier alpha value is -1.23. The van der Waals surface area contributed by atoms with E-state index in [2.05, 4.69) is 18.8 Å². The third kappa shape index (κ3) is 1.70. The largest absolute Gasteiger partial charge is 0.451 e. The van der Waals surface area contributed by atoms with Gasteiger partial charge >= 0.3 is 5.97 Å². The van der Waals surface area contributed by atoms with Crippen LogP contribution in [0.3, 0.4) is 0 Å². The van der Waals surface area contributed by atoms with E-state index in [-0.39, 0.29) is 11.3 Å². The number of aliphatic hydroxyl groups is 1. The van der Waals surface area contributed by atoms with Crippen LogP contribution >= 0.6 is 0 Å². The molecular weight excluding hydrogens is 270 g/mol. The summed E-state index contributed by atoms with van der Waals surface area (Å²) in [5.41, 5.74) is -1.51. The highest BCUT2D eigenvalue weighted by molar-refractivity contribution is 6.03. The number of Topliss-reactive ketones (excluding diaryl/α,β-unsaturated/α-hetero) is 1. The van der Waals surface area contributed by atoms with Crippen LogP contribution in [-0.4, -0.2) is 39.8 Å². The maximum absolute atomic E-state index is 12.3. The molecule has 4 aliphatic rings. The lowest BCUT2D eigenvalue weighted by molar-refractivity contribution is -0.193. The molecule has 0 unspecified atom stereocenters. The van der Waals surface area contributed by atoms with Crippen LogP contribution in [0, 0.1) is 17.3 Å². The van der Waals surface area contributed by atoms with Crippen molar-refractivity contribution in [3.8, 4) is 0 Å². The van der Waals surface area contributed by atoms with Gasteiger partial charge in [-0.15, -0.1) is 0 Å². The second kappa shape index (κ2) is 3.94. The van der Waals surface area contributed by atoms with Crippen LogP contribution in [0.1, 0.15) is 47.5 Å². The Labute approximate surface area is 124 Å². The Morgan fingerprint density at radius 2 is 2.05 bits per heavy atom. The summed E-state index contributed by atoms with van der Waals surface area (Å²) in [7, 11) is 0. The molecule has 0 amide bonds. The highest BCUT2D eigenvalue weighted by Crippen LogP contribution is 2.63. The standard InChI is InChI=1S/C16H23NO4/c1-8(18)15(4,20)12-13(19)21-16(5)10-6-9(14(10,2)3)7-11(16)17-12/h9-10,12,20H,6-7H2,1-5H3/t9-,10-,12+,15+,16-/m0/s1. The van der Waals surface area contributed by atoms with E-state index in [4.69, 9.17) is 4.74 Å². The number of carbonyl (C=O) groups is 2. The zero-order valence-corrected chi connectivity index (χ0v) is 13.3. The van der Waals surface area contributed by atoms with Gasteiger partial charge in [0.1, 0.15) is 0 Å². The van der Waals surface area contributed by atoms with Crippen molar-refractivity contribution in [3.05, 3.63) is 0 Å². The predicted molar refractivity (Wildman–Crippen MR) is 77.0 cm³/mol. The summed E-state index contributed by atoms with van der Waals surface area (Å²) in [6, 6.07) is -1.14. The summed E-state index contributed by atoms with van der Waals surface area (Å²) in [5.74, 6) is -0.273. The average molecular weight is 293 g/mol. The van der Waals surface area contributed by atoms with Gasteiger partial charge in [-0.25, -0.2) is 4.79 Å². The van der Waals surface area contributed by atoms with Gasteiger partial charge in [0.2, 0.25) is 0 Å². The van der Waals surface area contributed by atoms with Crippen molar-refractivity contribution >= 4 is 17.5 Å². The molecule has 1 heterocycles. The molecule has 5 nitrogen and oxygen atoms in total. The summed E-state index contributed by atoms with van der Waals surface area (Å²) >= 11 is 0. The van der Waals surface area contributed by atoms with Gasteiger partial charge in [-0.1, -0.05) is 13.8 Å². The first-order valence-corrected chi connectivity index (χ1v) is 7.54. The van der Waals surface area contributed by atoms with E-state index in [1.165, 1.54) is 13.8 Å². The fraction of sp³-hybridized carbons (Fsp3) is 0.812. The molecule has 0 aromatic carbocycles. The number of carbonyl (C=O) groups excluding carboxylic acids is 2. The predicted octanol–water partition coefficient (Wildman–Crippen LogP) is 1.52. The third-order valence-electron chi connectivity index (χ3n) is 6.21. The van der Waals surface area contributed by atoms with Gasteiger partial charge in [0.25, 0.3) is 0 Å². The van der Waals surface area contributed by atoms with Crippen molar-refractivity contribution in [3.63, 3.8) is 0 Å². The van der Waals surface area contributed by atoms with E-state index in [0.717, 1.165) is 18.6 Å². The number of esters is 1. The second-order valence-electron chi connectivity index (χ2n) is 7.72.